The minimum Gasteiger partial charge on any atom is -0.336 e. The number of fused-ring (bicyclic) bond motifs is 2. The first-order valence-corrected chi connectivity index (χ1v) is 10.6. The van der Waals surface area contributed by atoms with E-state index in [1.54, 1.807) is 36.8 Å². The summed E-state index contributed by atoms with van der Waals surface area (Å²) >= 11 is 1.02. The van der Waals surface area contributed by atoms with Crippen LogP contribution in [-0.4, -0.2) is 30.1 Å². The van der Waals surface area contributed by atoms with Crippen molar-refractivity contribution in [1.29, 1.82) is 0 Å². The fourth-order valence-electron chi connectivity index (χ4n) is 3.84. The van der Waals surface area contributed by atoms with Gasteiger partial charge in [0.25, 0.3) is 0 Å². The molecule has 0 unspecified atom stereocenters. The molecule has 0 saturated heterocycles. The van der Waals surface area contributed by atoms with E-state index in [1.807, 2.05) is 13.0 Å². The maximum absolute atomic E-state index is 14.9. The van der Waals surface area contributed by atoms with Crippen LogP contribution in [0.15, 0.2) is 55.0 Å². The number of imidazole rings is 1. The number of nitrogens with one attached hydrogen (secondary N) is 2. The predicted molar refractivity (Wildman–Crippen MR) is 120 cm³/mol. The molecule has 0 saturated carbocycles. The number of aromatic amines is 2. The summed E-state index contributed by atoms with van der Waals surface area (Å²) in [5.41, 5.74) is 5.16. The van der Waals surface area contributed by atoms with E-state index >= 15 is 0 Å². The average molecular weight is 444 g/mol. The Hall–Kier alpha value is -3.98. The fraction of sp³-hybridized carbons (Fsp3) is 0.0435. The molecule has 6 nitrogen and oxygen atoms in total. The summed E-state index contributed by atoms with van der Waals surface area (Å²) < 4.78 is 28.4. The van der Waals surface area contributed by atoms with E-state index in [-0.39, 0.29) is 10.9 Å². The summed E-state index contributed by atoms with van der Waals surface area (Å²) in [6.45, 7) is 1.91. The van der Waals surface area contributed by atoms with Gasteiger partial charge >= 0.3 is 0 Å². The lowest BCUT2D eigenvalue weighted by molar-refractivity contribution is 0.632. The first kappa shape index (κ1) is 18.8. The van der Waals surface area contributed by atoms with Gasteiger partial charge in [0.1, 0.15) is 22.7 Å². The van der Waals surface area contributed by atoms with E-state index in [9.17, 15) is 8.78 Å². The zero-order valence-electron chi connectivity index (χ0n) is 16.6. The van der Waals surface area contributed by atoms with Gasteiger partial charge < -0.3 is 4.98 Å². The van der Waals surface area contributed by atoms with Gasteiger partial charge in [-0.15, -0.1) is 11.3 Å². The molecule has 0 bridgehead atoms. The number of nitrogens with zero attached hydrogens (tertiary/aromatic N) is 4. The van der Waals surface area contributed by atoms with Crippen LogP contribution in [0, 0.1) is 17.9 Å². The minimum atomic E-state index is -0.361. The summed E-state index contributed by atoms with van der Waals surface area (Å²) in [6, 6.07) is 9.93. The maximum atomic E-state index is 14.9. The normalized spacial score (nSPS) is 11.6. The van der Waals surface area contributed by atoms with Crippen LogP contribution in [0.3, 0.4) is 0 Å². The molecule has 0 spiro atoms. The summed E-state index contributed by atoms with van der Waals surface area (Å²) in [7, 11) is 0. The van der Waals surface area contributed by atoms with Crippen molar-refractivity contribution in [2.45, 2.75) is 6.92 Å². The lowest BCUT2D eigenvalue weighted by Gasteiger charge is -2.07. The van der Waals surface area contributed by atoms with Gasteiger partial charge in [0.15, 0.2) is 11.0 Å². The molecular formula is C23H14F2N6S. The smallest absolute Gasteiger partial charge is 0.177 e. The average Bonchev–Trinajstić information content (AvgIpc) is 3.50. The highest BCUT2D eigenvalue weighted by Gasteiger charge is 2.19. The molecule has 0 aliphatic rings. The molecule has 0 fully saturated rings. The Labute approximate surface area is 184 Å². The number of hydrogen-bond donors (Lipinski definition) is 2. The van der Waals surface area contributed by atoms with Gasteiger partial charge in [-0.05, 0) is 42.8 Å². The predicted octanol–water partition coefficient (Wildman–Crippen LogP) is 5.88. The molecule has 1 aromatic carbocycles. The standard InChI is InChI=1S/C23H14F2N6S/c1-11-4-6-26-10-14(11)12-8-13-17(9-15(12)24)30-31-20(13)23-28-16-5-7-27-22(21(16)29-23)18-2-3-19(25)32-18/h2-10H,1H3,(H,28,29)(H,30,31). The van der Waals surface area contributed by atoms with Crippen LogP contribution in [0.5, 0.6) is 0 Å². The topological polar surface area (TPSA) is 83.1 Å². The van der Waals surface area contributed by atoms with Gasteiger partial charge in [-0.3, -0.25) is 15.1 Å². The van der Waals surface area contributed by atoms with Crippen LogP contribution in [-0.2, 0) is 0 Å². The van der Waals surface area contributed by atoms with Crippen LogP contribution >= 0.6 is 11.3 Å². The molecule has 156 valence electrons. The molecule has 9 heteroatoms. The Morgan fingerprint density at radius 3 is 2.66 bits per heavy atom. The molecule has 2 N–H and O–H groups in total. The summed E-state index contributed by atoms with van der Waals surface area (Å²) in [5.74, 6) is 0.151. The number of halogens is 2. The van der Waals surface area contributed by atoms with Crippen molar-refractivity contribution in [2.75, 3.05) is 0 Å². The number of thiophene rings is 1. The lowest BCUT2D eigenvalue weighted by atomic mass is 10.0. The van der Waals surface area contributed by atoms with Gasteiger partial charge in [-0.2, -0.15) is 9.49 Å². The molecule has 0 aliphatic carbocycles. The molecule has 0 atom stereocenters. The quantitative estimate of drug-likeness (QED) is 0.357. The Kier molecular flexibility index (Phi) is 4.12. The summed E-state index contributed by atoms with van der Waals surface area (Å²) in [6.07, 6.45) is 4.98. The van der Waals surface area contributed by atoms with Gasteiger partial charge in [-0.1, -0.05) is 0 Å². The molecular weight excluding hydrogens is 430 g/mol. The van der Waals surface area contributed by atoms with Gasteiger partial charge in [0, 0.05) is 41.2 Å². The van der Waals surface area contributed by atoms with E-state index in [2.05, 4.69) is 25.1 Å². The van der Waals surface area contributed by atoms with Crippen LogP contribution < -0.4 is 0 Å². The Morgan fingerprint density at radius 1 is 0.938 bits per heavy atom. The SMILES string of the molecule is Cc1ccncc1-c1cc2c(-c3nc4c(-c5ccc(F)s5)nccc4[nH]3)n[nH]c2cc1F. The number of H-pyrrole nitrogens is 2. The highest BCUT2D eigenvalue weighted by atomic mass is 32.1. The van der Waals surface area contributed by atoms with Crippen molar-refractivity contribution in [2.24, 2.45) is 0 Å². The molecule has 6 rings (SSSR count). The van der Waals surface area contributed by atoms with Crippen LogP contribution in [0.4, 0.5) is 8.78 Å². The zero-order valence-corrected chi connectivity index (χ0v) is 17.5. The van der Waals surface area contributed by atoms with Crippen molar-refractivity contribution >= 4 is 33.3 Å². The maximum Gasteiger partial charge on any atom is 0.177 e. The number of pyridine rings is 2. The van der Waals surface area contributed by atoms with E-state index < -0.39 is 0 Å². The van der Waals surface area contributed by atoms with E-state index in [0.29, 0.717) is 38.7 Å². The largest absolute Gasteiger partial charge is 0.336 e. The Morgan fingerprint density at radius 2 is 1.84 bits per heavy atom. The second-order valence-corrected chi connectivity index (χ2v) is 8.42. The van der Waals surface area contributed by atoms with E-state index in [4.69, 9.17) is 4.98 Å². The zero-order chi connectivity index (χ0) is 21.8. The minimum absolute atomic E-state index is 0.284. The Bertz CT molecular complexity index is 1630. The highest BCUT2D eigenvalue weighted by molar-refractivity contribution is 7.13. The van der Waals surface area contributed by atoms with Crippen molar-refractivity contribution in [1.82, 2.24) is 30.1 Å². The van der Waals surface area contributed by atoms with Gasteiger partial charge in [-0.25, -0.2) is 9.37 Å². The molecule has 6 aromatic rings. The van der Waals surface area contributed by atoms with Crippen molar-refractivity contribution in [3.05, 3.63) is 71.5 Å². The number of rotatable bonds is 3. The fourth-order valence-corrected chi connectivity index (χ4v) is 4.57. The third-order valence-electron chi connectivity index (χ3n) is 5.41. The third-order valence-corrected chi connectivity index (χ3v) is 6.29. The molecule has 5 heterocycles. The van der Waals surface area contributed by atoms with Crippen molar-refractivity contribution in [3.8, 4) is 33.2 Å². The van der Waals surface area contributed by atoms with Crippen LogP contribution in [0.25, 0.3) is 55.2 Å². The van der Waals surface area contributed by atoms with Crippen LogP contribution in [0.2, 0.25) is 0 Å². The second-order valence-electron chi connectivity index (χ2n) is 7.39. The summed E-state index contributed by atoms with van der Waals surface area (Å²) in [4.78, 5) is 17.2. The number of aryl methyl sites for hydroxylation is 1. The lowest BCUT2D eigenvalue weighted by Crippen LogP contribution is -1.90. The number of benzene rings is 1. The van der Waals surface area contributed by atoms with E-state index in [1.165, 1.54) is 12.1 Å². The Balaban J connectivity index is 1.54. The van der Waals surface area contributed by atoms with Crippen molar-refractivity contribution in [3.63, 3.8) is 0 Å². The van der Waals surface area contributed by atoms with Crippen LogP contribution in [0.1, 0.15) is 5.56 Å². The third kappa shape index (κ3) is 2.89. The van der Waals surface area contributed by atoms with E-state index in [0.717, 1.165) is 33.4 Å². The number of aromatic nitrogens is 6. The molecule has 5 aromatic heterocycles. The summed E-state index contributed by atoms with van der Waals surface area (Å²) in [5, 5.41) is 7.71. The highest BCUT2D eigenvalue weighted by Crippen LogP contribution is 2.35. The second kappa shape index (κ2) is 7.03. The molecule has 0 amide bonds. The van der Waals surface area contributed by atoms with Crippen molar-refractivity contribution < 1.29 is 8.78 Å². The monoisotopic (exact) mass is 444 g/mol. The molecule has 0 aliphatic heterocycles. The van der Waals surface area contributed by atoms with Gasteiger partial charge in [0.2, 0.25) is 0 Å². The first-order chi connectivity index (χ1) is 15.6. The van der Waals surface area contributed by atoms with Gasteiger partial charge in [0.05, 0.1) is 15.9 Å². The first-order valence-electron chi connectivity index (χ1n) is 9.78. The number of hydrogen-bond acceptors (Lipinski definition) is 5. The molecule has 32 heavy (non-hydrogen) atoms. The molecule has 0 radical (unpaired) electrons.